The molecule has 1 aromatic carbocycles. The lowest BCUT2D eigenvalue weighted by molar-refractivity contribution is -0.157. The van der Waals surface area contributed by atoms with E-state index in [1.54, 1.807) is 0 Å². The predicted octanol–water partition coefficient (Wildman–Crippen LogP) is 1.87. The van der Waals surface area contributed by atoms with E-state index in [9.17, 15) is 9.59 Å². The summed E-state index contributed by atoms with van der Waals surface area (Å²) in [6.45, 7) is 2.12. The molecule has 0 unspecified atom stereocenters. The van der Waals surface area contributed by atoms with Gasteiger partial charge in [-0.25, -0.2) is 9.59 Å². The maximum Gasteiger partial charge on any atom is 0.411 e. The molecule has 1 fully saturated rings. The number of carbonyl (C=O) groups excluding carboxylic acids is 1. The molecule has 5 nitrogen and oxygen atoms in total. The Bertz CT molecular complexity index is 459. The van der Waals surface area contributed by atoms with Crippen molar-refractivity contribution < 1.29 is 19.4 Å². The summed E-state index contributed by atoms with van der Waals surface area (Å²) in [6.07, 6.45) is -0.113. The number of hydrogen-bond donors (Lipinski definition) is 1. The summed E-state index contributed by atoms with van der Waals surface area (Å²) in [5, 5.41) is 9.05. The Balaban J connectivity index is 1.92. The van der Waals surface area contributed by atoms with Gasteiger partial charge in [0, 0.05) is 6.54 Å². The Hall–Kier alpha value is -2.04. The van der Waals surface area contributed by atoms with E-state index in [1.807, 2.05) is 30.3 Å². The molecule has 1 saturated heterocycles. The van der Waals surface area contributed by atoms with Crippen LogP contribution in [0.5, 0.6) is 0 Å². The van der Waals surface area contributed by atoms with Crippen LogP contribution < -0.4 is 0 Å². The lowest BCUT2D eigenvalue weighted by Gasteiger charge is -2.46. The van der Waals surface area contributed by atoms with Crippen LogP contribution in [0.1, 0.15) is 18.9 Å². The van der Waals surface area contributed by atoms with Crippen molar-refractivity contribution in [3.63, 3.8) is 0 Å². The summed E-state index contributed by atoms with van der Waals surface area (Å²) in [4.78, 5) is 24.1. The van der Waals surface area contributed by atoms with E-state index in [4.69, 9.17) is 9.84 Å². The standard InChI is InChI=1S/C13H15NO4/c1-13(11(15)16)7-8-14(13)12(17)18-9-10-5-3-2-4-6-10/h2-6H,7-9H2,1H3,(H,15,16)/t13-/m0/s1. The van der Waals surface area contributed by atoms with Crippen molar-refractivity contribution in [2.45, 2.75) is 25.5 Å². The maximum absolute atomic E-state index is 11.8. The van der Waals surface area contributed by atoms with E-state index in [1.165, 1.54) is 11.8 Å². The second-order valence-corrected chi connectivity index (χ2v) is 4.52. The number of benzene rings is 1. The summed E-state index contributed by atoms with van der Waals surface area (Å²) in [5.74, 6) is -0.995. The molecule has 0 aliphatic carbocycles. The number of amides is 1. The van der Waals surface area contributed by atoms with Crippen LogP contribution in [0.15, 0.2) is 30.3 Å². The van der Waals surface area contributed by atoms with Gasteiger partial charge in [-0.2, -0.15) is 0 Å². The van der Waals surface area contributed by atoms with Crippen molar-refractivity contribution in [3.8, 4) is 0 Å². The van der Waals surface area contributed by atoms with Crippen molar-refractivity contribution in [2.75, 3.05) is 6.54 Å². The van der Waals surface area contributed by atoms with E-state index >= 15 is 0 Å². The number of likely N-dealkylation sites (tertiary alicyclic amines) is 1. The lowest BCUT2D eigenvalue weighted by atomic mass is 9.87. The molecule has 18 heavy (non-hydrogen) atoms. The molecule has 96 valence electrons. The second-order valence-electron chi connectivity index (χ2n) is 4.52. The van der Waals surface area contributed by atoms with Crippen molar-refractivity contribution in [1.29, 1.82) is 0 Å². The number of ether oxygens (including phenoxy) is 1. The summed E-state index contributed by atoms with van der Waals surface area (Å²) in [5.41, 5.74) is -0.239. The molecule has 1 aliphatic rings. The van der Waals surface area contributed by atoms with E-state index in [0.29, 0.717) is 13.0 Å². The molecule has 0 saturated carbocycles. The molecule has 1 amide bonds. The van der Waals surface area contributed by atoms with Gasteiger partial charge in [0.2, 0.25) is 0 Å². The first-order valence-electron chi connectivity index (χ1n) is 5.76. The number of carbonyl (C=O) groups is 2. The maximum atomic E-state index is 11.8. The minimum Gasteiger partial charge on any atom is -0.480 e. The Labute approximate surface area is 105 Å². The third-order valence-corrected chi connectivity index (χ3v) is 3.30. The number of carboxylic acids is 1. The van der Waals surface area contributed by atoms with Crippen LogP contribution in [0, 0.1) is 0 Å². The molecular weight excluding hydrogens is 234 g/mol. The van der Waals surface area contributed by atoms with Gasteiger partial charge >= 0.3 is 12.1 Å². The third-order valence-electron chi connectivity index (χ3n) is 3.30. The average molecular weight is 249 g/mol. The summed E-state index contributed by atoms with van der Waals surface area (Å²) < 4.78 is 5.10. The number of nitrogens with zero attached hydrogens (tertiary/aromatic N) is 1. The van der Waals surface area contributed by atoms with Crippen LogP contribution in [0.3, 0.4) is 0 Å². The van der Waals surface area contributed by atoms with Gasteiger partial charge in [0.15, 0.2) is 0 Å². The van der Waals surface area contributed by atoms with Gasteiger partial charge in [-0.3, -0.25) is 4.90 Å². The molecule has 0 spiro atoms. The van der Waals surface area contributed by atoms with E-state index in [0.717, 1.165) is 5.56 Å². The quantitative estimate of drug-likeness (QED) is 0.888. The molecule has 2 rings (SSSR count). The predicted molar refractivity (Wildman–Crippen MR) is 64.0 cm³/mol. The van der Waals surface area contributed by atoms with Crippen LogP contribution in [0.25, 0.3) is 0 Å². The summed E-state index contributed by atoms with van der Waals surface area (Å²) >= 11 is 0. The number of rotatable bonds is 3. The van der Waals surface area contributed by atoms with E-state index in [2.05, 4.69) is 0 Å². The van der Waals surface area contributed by atoms with Gasteiger partial charge in [0.25, 0.3) is 0 Å². The first kappa shape index (κ1) is 12.4. The molecule has 1 heterocycles. The van der Waals surface area contributed by atoms with Crippen LogP contribution >= 0.6 is 0 Å². The molecule has 1 aromatic rings. The first-order chi connectivity index (χ1) is 8.54. The van der Waals surface area contributed by atoms with Crippen LogP contribution in [-0.4, -0.2) is 34.2 Å². The zero-order chi connectivity index (χ0) is 13.2. The molecule has 5 heteroatoms. The highest BCUT2D eigenvalue weighted by Gasteiger charge is 2.50. The Kier molecular flexibility index (Phi) is 3.23. The Morgan fingerprint density at radius 1 is 1.39 bits per heavy atom. The fraction of sp³-hybridized carbons (Fsp3) is 0.385. The lowest BCUT2D eigenvalue weighted by Crippen LogP contribution is -2.64. The van der Waals surface area contributed by atoms with Gasteiger partial charge < -0.3 is 9.84 Å². The minimum absolute atomic E-state index is 0.159. The van der Waals surface area contributed by atoms with E-state index < -0.39 is 17.6 Å². The smallest absolute Gasteiger partial charge is 0.411 e. The molecular formula is C13H15NO4. The largest absolute Gasteiger partial charge is 0.480 e. The first-order valence-corrected chi connectivity index (χ1v) is 5.76. The van der Waals surface area contributed by atoms with Crippen LogP contribution in [0.2, 0.25) is 0 Å². The SMILES string of the molecule is C[C@@]1(C(=O)O)CCN1C(=O)OCc1ccccc1. The fourth-order valence-electron chi connectivity index (χ4n) is 1.87. The minimum atomic E-state index is -1.12. The summed E-state index contributed by atoms with van der Waals surface area (Å²) in [7, 11) is 0. The monoisotopic (exact) mass is 249 g/mol. The zero-order valence-corrected chi connectivity index (χ0v) is 10.1. The normalized spacial score (nSPS) is 22.2. The summed E-state index contributed by atoms with van der Waals surface area (Å²) in [6, 6.07) is 9.28. The molecule has 1 atom stereocenters. The highest BCUT2D eigenvalue weighted by atomic mass is 16.6. The van der Waals surface area contributed by atoms with E-state index in [-0.39, 0.29) is 6.61 Å². The third kappa shape index (κ3) is 2.16. The molecule has 1 N–H and O–H groups in total. The van der Waals surface area contributed by atoms with Gasteiger partial charge in [0.05, 0.1) is 0 Å². The average Bonchev–Trinajstić information content (AvgIpc) is 2.35. The Morgan fingerprint density at radius 3 is 2.56 bits per heavy atom. The van der Waals surface area contributed by atoms with Crippen molar-refractivity contribution >= 4 is 12.1 Å². The van der Waals surface area contributed by atoms with Gasteiger partial charge in [-0.15, -0.1) is 0 Å². The number of aliphatic carboxylic acids is 1. The molecule has 0 bridgehead atoms. The van der Waals surface area contributed by atoms with Crippen molar-refractivity contribution in [2.24, 2.45) is 0 Å². The van der Waals surface area contributed by atoms with Crippen molar-refractivity contribution in [3.05, 3.63) is 35.9 Å². The number of carboxylic acid groups (broad SMARTS) is 1. The van der Waals surface area contributed by atoms with Crippen LogP contribution in [-0.2, 0) is 16.1 Å². The van der Waals surface area contributed by atoms with Gasteiger partial charge in [0.1, 0.15) is 12.1 Å². The van der Waals surface area contributed by atoms with Gasteiger partial charge in [-0.05, 0) is 18.9 Å². The zero-order valence-electron chi connectivity index (χ0n) is 10.1. The highest BCUT2D eigenvalue weighted by molar-refractivity contribution is 5.85. The number of hydrogen-bond acceptors (Lipinski definition) is 3. The fourth-order valence-corrected chi connectivity index (χ4v) is 1.87. The second kappa shape index (κ2) is 4.68. The topological polar surface area (TPSA) is 66.8 Å². The molecule has 1 aliphatic heterocycles. The molecule has 0 aromatic heterocycles. The van der Waals surface area contributed by atoms with Crippen LogP contribution in [0.4, 0.5) is 4.79 Å². The Morgan fingerprint density at radius 2 is 2.06 bits per heavy atom. The highest BCUT2D eigenvalue weighted by Crippen LogP contribution is 2.31. The van der Waals surface area contributed by atoms with Gasteiger partial charge in [-0.1, -0.05) is 30.3 Å². The molecule has 0 radical (unpaired) electrons. The van der Waals surface area contributed by atoms with Crippen molar-refractivity contribution in [1.82, 2.24) is 4.90 Å².